The minimum atomic E-state index is -0.946. The van der Waals surface area contributed by atoms with Gasteiger partial charge in [-0.2, -0.15) is 0 Å². The monoisotopic (exact) mass is 225 g/mol. The zero-order valence-corrected chi connectivity index (χ0v) is 9.08. The second kappa shape index (κ2) is 5.07. The lowest BCUT2D eigenvalue weighted by Crippen LogP contribution is -1.86. The van der Waals surface area contributed by atoms with Crippen molar-refractivity contribution in [1.29, 1.82) is 0 Å². The van der Waals surface area contributed by atoms with Crippen LogP contribution in [0.5, 0.6) is 0 Å². The van der Waals surface area contributed by atoms with Gasteiger partial charge in [0, 0.05) is 17.8 Å². The molecule has 0 spiro atoms. The summed E-state index contributed by atoms with van der Waals surface area (Å²) >= 11 is 0. The van der Waals surface area contributed by atoms with E-state index in [1.807, 2.05) is 42.5 Å². The summed E-state index contributed by atoms with van der Waals surface area (Å²) in [5.74, 6) is -0.946. The van der Waals surface area contributed by atoms with Gasteiger partial charge < -0.3 is 5.11 Å². The number of carbonyl (C=O) groups is 1. The van der Waals surface area contributed by atoms with Gasteiger partial charge in [-0.15, -0.1) is 0 Å². The minimum absolute atomic E-state index is 0.854. The predicted octanol–water partition coefficient (Wildman–Crippen LogP) is 2.85. The molecule has 0 saturated heterocycles. The Morgan fingerprint density at radius 3 is 2.47 bits per heavy atom. The Labute approximate surface area is 99.1 Å². The molecule has 1 aromatic heterocycles. The largest absolute Gasteiger partial charge is 0.478 e. The zero-order chi connectivity index (χ0) is 12.1. The Bertz CT molecular complexity index is 530. The molecule has 1 N–H and O–H groups in total. The number of aromatic nitrogens is 1. The molecule has 3 nitrogen and oxygen atoms in total. The average molecular weight is 225 g/mol. The van der Waals surface area contributed by atoms with Crippen LogP contribution in [-0.2, 0) is 4.79 Å². The molecular formula is C14H11NO2. The Balaban J connectivity index is 2.22. The predicted molar refractivity (Wildman–Crippen MR) is 66.3 cm³/mol. The first kappa shape index (κ1) is 11.1. The van der Waals surface area contributed by atoms with E-state index >= 15 is 0 Å². The van der Waals surface area contributed by atoms with Crippen molar-refractivity contribution in [2.75, 3.05) is 0 Å². The molecule has 2 rings (SSSR count). The third-order valence-corrected chi connectivity index (χ3v) is 2.29. The Hall–Kier alpha value is -2.42. The smallest absolute Gasteiger partial charge is 0.328 e. The Morgan fingerprint density at radius 2 is 1.88 bits per heavy atom. The number of pyridine rings is 1. The number of hydrogen-bond donors (Lipinski definition) is 1. The van der Waals surface area contributed by atoms with Crippen molar-refractivity contribution in [2.45, 2.75) is 0 Å². The summed E-state index contributed by atoms with van der Waals surface area (Å²) in [7, 11) is 0. The van der Waals surface area contributed by atoms with Gasteiger partial charge in [0.05, 0.1) is 5.69 Å². The molecule has 0 saturated carbocycles. The quantitative estimate of drug-likeness (QED) is 0.817. The molecule has 3 heteroatoms. The summed E-state index contributed by atoms with van der Waals surface area (Å²) in [5, 5.41) is 8.51. The SMILES string of the molecule is O=C(O)C=Cc1ccc(-c2ccccn2)cc1. The highest BCUT2D eigenvalue weighted by atomic mass is 16.4. The summed E-state index contributed by atoms with van der Waals surface area (Å²) in [6, 6.07) is 13.3. The topological polar surface area (TPSA) is 50.2 Å². The standard InChI is InChI=1S/C14H11NO2/c16-14(17)9-6-11-4-7-12(8-5-11)13-3-1-2-10-15-13/h1-10H,(H,16,17). The van der Waals surface area contributed by atoms with Gasteiger partial charge in [-0.3, -0.25) is 4.98 Å². The number of rotatable bonds is 3. The third kappa shape index (κ3) is 3.01. The minimum Gasteiger partial charge on any atom is -0.478 e. The highest BCUT2D eigenvalue weighted by Crippen LogP contribution is 2.17. The average Bonchev–Trinajstić information content (AvgIpc) is 2.38. The molecule has 0 aliphatic rings. The van der Waals surface area contributed by atoms with Crippen LogP contribution in [0.4, 0.5) is 0 Å². The fourth-order valence-electron chi connectivity index (χ4n) is 1.47. The van der Waals surface area contributed by atoms with Crippen LogP contribution in [0.25, 0.3) is 17.3 Å². The zero-order valence-electron chi connectivity index (χ0n) is 9.08. The van der Waals surface area contributed by atoms with Gasteiger partial charge in [-0.05, 0) is 23.8 Å². The van der Waals surface area contributed by atoms with Crippen molar-refractivity contribution in [3.8, 4) is 11.3 Å². The molecule has 0 amide bonds. The van der Waals surface area contributed by atoms with Crippen molar-refractivity contribution >= 4 is 12.0 Å². The first-order valence-electron chi connectivity index (χ1n) is 5.18. The summed E-state index contributed by atoms with van der Waals surface area (Å²) in [6.07, 6.45) is 4.42. The first-order valence-corrected chi connectivity index (χ1v) is 5.18. The van der Waals surface area contributed by atoms with Crippen molar-refractivity contribution in [1.82, 2.24) is 4.98 Å². The van der Waals surface area contributed by atoms with E-state index in [-0.39, 0.29) is 0 Å². The maximum atomic E-state index is 10.4. The fourth-order valence-corrected chi connectivity index (χ4v) is 1.47. The van der Waals surface area contributed by atoms with Gasteiger partial charge in [-0.1, -0.05) is 30.3 Å². The lowest BCUT2D eigenvalue weighted by molar-refractivity contribution is -0.131. The van der Waals surface area contributed by atoms with E-state index < -0.39 is 5.97 Å². The van der Waals surface area contributed by atoms with Gasteiger partial charge in [-0.25, -0.2) is 4.79 Å². The van der Waals surface area contributed by atoms with E-state index in [4.69, 9.17) is 5.11 Å². The molecule has 0 atom stereocenters. The van der Waals surface area contributed by atoms with Gasteiger partial charge in [0.25, 0.3) is 0 Å². The van der Waals surface area contributed by atoms with Crippen molar-refractivity contribution in [3.05, 3.63) is 60.3 Å². The molecule has 0 aliphatic carbocycles. The molecule has 1 heterocycles. The van der Waals surface area contributed by atoms with Gasteiger partial charge in [0.1, 0.15) is 0 Å². The number of nitrogens with zero attached hydrogens (tertiary/aromatic N) is 1. The van der Waals surface area contributed by atoms with Crippen LogP contribution < -0.4 is 0 Å². The lowest BCUT2D eigenvalue weighted by atomic mass is 10.1. The second-order valence-electron chi connectivity index (χ2n) is 3.51. The molecule has 0 unspecified atom stereocenters. The van der Waals surface area contributed by atoms with E-state index in [2.05, 4.69) is 4.98 Å². The van der Waals surface area contributed by atoms with Crippen molar-refractivity contribution in [2.24, 2.45) is 0 Å². The van der Waals surface area contributed by atoms with E-state index in [1.165, 1.54) is 0 Å². The molecule has 17 heavy (non-hydrogen) atoms. The van der Waals surface area contributed by atoms with E-state index in [9.17, 15) is 4.79 Å². The van der Waals surface area contributed by atoms with Gasteiger partial charge in [0.2, 0.25) is 0 Å². The van der Waals surface area contributed by atoms with E-state index in [1.54, 1.807) is 12.3 Å². The normalized spacial score (nSPS) is 10.6. The van der Waals surface area contributed by atoms with Crippen molar-refractivity contribution in [3.63, 3.8) is 0 Å². The molecular weight excluding hydrogens is 214 g/mol. The van der Waals surface area contributed by atoms with Crippen LogP contribution in [0.1, 0.15) is 5.56 Å². The number of carboxylic acid groups (broad SMARTS) is 1. The van der Waals surface area contributed by atoms with Gasteiger partial charge >= 0.3 is 5.97 Å². The number of carboxylic acids is 1. The molecule has 0 bridgehead atoms. The van der Waals surface area contributed by atoms with Crippen LogP contribution in [-0.4, -0.2) is 16.1 Å². The number of aliphatic carboxylic acids is 1. The highest BCUT2D eigenvalue weighted by molar-refractivity contribution is 5.85. The Kier molecular flexibility index (Phi) is 3.31. The van der Waals surface area contributed by atoms with E-state index in [0.717, 1.165) is 22.9 Å². The van der Waals surface area contributed by atoms with Crippen LogP contribution in [0, 0.1) is 0 Å². The maximum Gasteiger partial charge on any atom is 0.328 e. The molecule has 1 aromatic carbocycles. The fraction of sp³-hybridized carbons (Fsp3) is 0. The third-order valence-electron chi connectivity index (χ3n) is 2.29. The Morgan fingerprint density at radius 1 is 1.12 bits per heavy atom. The lowest BCUT2D eigenvalue weighted by Gasteiger charge is -2.00. The summed E-state index contributed by atoms with van der Waals surface area (Å²) in [5.41, 5.74) is 2.77. The summed E-state index contributed by atoms with van der Waals surface area (Å²) < 4.78 is 0. The number of hydrogen-bond acceptors (Lipinski definition) is 2. The first-order chi connectivity index (χ1) is 8.25. The molecule has 0 fully saturated rings. The number of benzene rings is 1. The molecule has 84 valence electrons. The van der Waals surface area contributed by atoms with Crippen LogP contribution in [0.3, 0.4) is 0 Å². The van der Waals surface area contributed by atoms with Crippen LogP contribution in [0.2, 0.25) is 0 Å². The van der Waals surface area contributed by atoms with Crippen LogP contribution >= 0.6 is 0 Å². The molecule has 2 aromatic rings. The van der Waals surface area contributed by atoms with Gasteiger partial charge in [0.15, 0.2) is 0 Å². The summed E-state index contributed by atoms with van der Waals surface area (Å²) in [6.45, 7) is 0. The molecule has 0 radical (unpaired) electrons. The van der Waals surface area contributed by atoms with E-state index in [0.29, 0.717) is 0 Å². The van der Waals surface area contributed by atoms with Crippen molar-refractivity contribution < 1.29 is 9.90 Å². The second-order valence-corrected chi connectivity index (χ2v) is 3.51. The van der Waals surface area contributed by atoms with Crippen LogP contribution in [0.15, 0.2) is 54.7 Å². The maximum absolute atomic E-state index is 10.4. The molecule has 0 aliphatic heterocycles. The highest BCUT2D eigenvalue weighted by Gasteiger charge is 1.97. The summed E-state index contributed by atoms with van der Waals surface area (Å²) in [4.78, 5) is 14.6.